The SMILES string of the molecule is COc1cc(Nc2c3ccccc3nc3ccccc23)cc(OC)c1OC.Cl. The number of nitrogens with one attached hydrogen (secondary N) is 1. The second-order valence-electron chi connectivity index (χ2n) is 6.06. The van der Waals surface area contributed by atoms with Crippen LogP contribution >= 0.6 is 12.4 Å². The number of rotatable bonds is 5. The number of benzene rings is 3. The standard InChI is InChI=1S/C22H20N2O3.ClH/c1-25-19-12-14(13-20(26-2)22(19)27-3)23-21-15-8-4-6-10-17(15)24-18-11-7-5-9-16(18)21;/h4-13H,1-3H3,(H,23,24);1H. The predicted molar refractivity (Wildman–Crippen MR) is 116 cm³/mol. The summed E-state index contributed by atoms with van der Waals surface area (Å²) in [7, 11) is 4.81. The summed E-state index contributed by atoms with van der Waals surface area (Å²) in [5.74, 6) is 1.76. The first kappa shape index (κ1) is 19.6. The fourth-order valence-corrected chi connectivity index (χ4v) is 3.27. The molecule has 5 nitrogen and oxygen atoms in total. The largest absolute Gasteiger partial charge is 0.493 e. The molecular weight excluding hydrogens is 376 g/mol. The number of ether oxygens (including phenoxy) is 3. The van der Waals surface area contributed by atoms with Crippen LogP contribution in [0.25, 0.3) is 21.8 Å². The molecule has 3 aromatic carbocycles. The summed E-state index contributed by atoms with van der Waals surface area (Å²) in [5.41, 5.74) is 3.70. The van der Waals surface area contributed by atoms with Crippen LogP contribution in [0.15, 0.2) is 60.7 Å². The van der Waals surface area contributed by atoms with E-state index >= 15 is 0 Å². The van der Waals surface area contributed by atoms with Gasteiger partial charge in [0.05, 0.1) is 38.1 Å². The van der Waals surface area contributed by atoms with E-state index in [1.807, 2.05) is 48.5 Å². The number of anilines is 2. The van der Waals surface area contributed by atoms with E-state index in [9.17, 15) is 0 Å². The minimum atomic E-state index is 0. The zero-order chi connectivity index (χ0) is 18.8. The van der Waals surface area contributed by atoms with E-state index in [-0.39, 0.29) is 12.4 Å². The van der Waals surface area contributed by atoms with E-state index in [2.05, 4.69) is 17.4 Å². The van der Waals surface area contributed by atoms with Crippen LogP contribution in [0.1, 0.15) is 0 Å². The van der Waals surface area contributed by atoms with Gasteiger partial charge >= 0.3 is 0 Å². The first-order chi connectivity index (χ1) is 13.2. The van der Waals surface area contributed by atoms with E-state index in [0.717, 1.165) is 33.2 Å². The maximum absolute atomic E-state index is 5.47. The number of hydrogen-bond donors (Lipinski definition) is 1. The van der Waals surface area contributed by atoms with Crippen LogP contribution in [-0.2, 0) is 0 Å². The van der Waals surface area contributed by atoms with E-state index in [1.54, 1.807) is 21.3 Å². The molecule has 0 atom stereocenters. The highest BCUT2D eigenvalue weighted by molar-refractivity contribution is 6.08. The van der Waals surface area contributed by atoms with Crippen molar-refractivity contribution >= 4 is 45.6 Å². The molecule has 0 aliphatic heterocycles. The molecule has 0 bridgehead atoms. The molecule has 0 saturated carbocycles. The Labute approximate surface area is 169 Å². The van der Waals surface area contributed by atoms with E-state index in [0.29, 0.717) is 17.2 Å². The molecule has 0 aliphatic rings. The topological polar surface area (TPSA) is 52.6 Å². The lowest BCUT2D eigenvalue weighted by molar-refractivity contribution is 0.324. The van der Waals surface area contributed by atoms with Crippen molar-refractivity contribution < 1.29 is 14.2 Å². The van der Waals surface area contributed by atoms with Crippen molar-refractivity contribution in [2.45, 2.75) is 0 Å². The normalized spacial score (nSPS) is 10.4. The molecule has 0 fully saturated rings. The molecule has 0 amide bonds. The number of pyridine rings is 1. The van der Waals surface area contributed by atoms with Gasteiger partial charge in [0.1, 0.15) is 0 Å². The van der Waals surface area contributed by atoms with Crippen LogP contribution in [0.3, 0.4) is 0 Å². The molecule has 0 spiro atoms. The second kappa shape index (κ2) is 8.23. The quantitative estimate of drug-likeness (QED) is 0.446. The van der Waals surface area contributed by atoms with Gasteiger partial charge in [-0.25, -0.2) is 4.98 Å². The van der Waals surface area contributed by atoms with Gasteiger partial charge in [0.25, 0.3) is 0 Å². The van der Waals surface area contributed by atoms with Gasteiger partial charge in [-0.1, -0.05) is 36.4 Å². The summed E-state index contributed by atoms with van der Waals surface area (Å²) in [6.45, 7) is 0. The van der Waals surface area contributed by atoms with Crippen molar-refractivity contribution in [1.29, 1.82) is 0 Å². The minimum absolute atomic E-state index is 0. The molecule has 144 valence electrons. The molecule has 1 N–H and O–H groups in total. The Balaban J connectivity index is 0.00000225. The molecule has 28 heavy (non-hydrogen) atoms. The molecule has 0 aliphatic carbocycles. The molecular formula is C22H21ClN2O3. The number of aromatic nitrogens is 1. The van der Waals surface area contributed by atoms with Gasteiger partial charge in [-0.05, 0) is 12.1 Å². The first-order valence-corrected chi connectivity index (χ1v) is 8.59. The molecule has 0 unspecified atom stereocenters. The van der Waals surface area contributed by atoms with Crippen molar-refractivity contribution in [2.75, 3.05) is 26.6 Å². The lowest BCUT2D eigenvalue weighted by atomic mass is 10.1. The summed E-state index contributed by atoms with van der Waals surface area (Å²) >= 11 is 0. The molecule has 1 heterocycles. The highest BCUT2D eigenvalue weighted by Crippen LogP contribution is 2.42. The van der Waals surface area contributed by atoms with E-state index in [4.69, 9.17) is 19.2 Å². The number of nitrogens with zero attached hydrogens (tertiary/aromatic N) is 1. The molecule has 0 radical (unpaired) electrons. The number of para-hydroxylation sites is 2. The predicted octanol–water partition coefficient (Wildman–Crippen LogP) is 5.58. The van der Waals surface area contributed by atoms with Gasteiger partial charge in [0.2, 0.25) is 5.75 Å². The monoisotopic (exact) mass is 396 g/mol. The molecule has 6 heteroatoms. The number of methoxy groups -OCH3 is 3. The zero-order valence-corrected chi connectivity index (χ0v) is 16.7. The van der Waals surface area contributed by atoms with Gasteiger partial charge < -0.3 is 19.5 Å². The van der Waals surface area contributed by atoms with Crippen molar-refractivity contribution in [1.82, 2.24) is 4.98 Å². The smallest absolute Gasteiger partial charge is 0.203 e. The van der Waals surface area contributed by atoms with Crippen LogP contribution in [0, 0.1) is 0 Å². The van der Waals surface area contributed by atoms with Crippen LogP contribution in [0.5, 0.6) is 17.2 Å². The van der Waals surface area contributed by atoms with Gasteiger partial charge in [-0.3, -0.25) is 0 Å². The average Bonchev–Trinajstić information content (AvgIpc) is 2.72. The maximum Gasteiger partial charge on any atom is 0.203 e. The molecule has 1 aromatic heterocycles. The fraction of sp³-hybridized carbons (Fsp3) is 0.136. The zero-order valence-electron chi connectivity index (χ0n) is 15.9. The number of halogens is 1. The highest BCUT2D eigenvalue weighted by atomic mass is 35.5. The molecule has 0 saturated heterocycles. The summed E-state index contributed by atoms with van der Waals surface area (Å²) in [6, 6.07) is 20.0. The third kappa shape index (κ3) is 3.37. The summed E-state index contributed by atoms with van der Waals surface area (Å²) < 4.78 is 16.4. The van der Waals surface area contributed by atoms with E-state index < -0.39 is 0 Å². The third-order valence-electron chi connectivity index (χ3n) is 4.52. The number of fused-ring (bicyclic) bond motifs is 2. The van der Waals surface area contributed by atoms with Crippen LogP contribution in [0.4, 0.5) is 11.4 Å². The van der Waals surface area contributed by atoms with E-state index in [1.165, 1.54) is 0 Å². The van der Waals surface area contributed by atoms with Crippen LogP contribution < -0.4 is 19.5 Å². The highest BCUT2D eigenvalue weighted by Gasteiger charge is 2.15. The maximum atomic E-state index is 5.47. The first-order valence-electron chi connectivity index (χ1n) is 8.59. The Morgan fingerprint density at radius 3 is 1.68 bits per heavy atom. The summed E-state index contributed by atoms with van der Waals surface area (Å²) in [5, 5.41) is 5.63. The third-order valence-corrected chi connectivity index (χ3v) is 4.52. The van der Waals surface area contributed by atoms with Crippen molar-refractivity contribution in [3.05, 3.63) is 60.7 Å². The van der Waals surface area contributed by atoms with Gasteiger partial charge in [-0.15, -0.1) is 12.4 Å². The summed E-state index contributed by atoms with van der Waals surface area (Å²) in [4.78, 5) is 4.77. The Morgan fingerprint density at radius 1 is 0.714 bits per heavy atom. The second-order valence-corrected chi connectivity index (χ2v) is 6.06. The minimum Gasteiger partial charge on any atom is -0.493 e. The molecule has 4 rings (SSSR count). The lowest BCUT2D eigenvalue weighted by Gasteiger charge is -2.17. The van der Waals surface area contributed by atoms with Crippen molar-refractivity contribution in [3.63, 3.8) is 0 Å². The summed E-state index contributed by atoms with van der Waals surface area (Å²) in [6.07, 6.45) is 0. The Morgan fingerprint density at radius 2 is 1.21 bits per heavy atom. The average molecular weight is 397 g/mol. The lowest BCUT2D eigenvalue weighted by Crippen LogP contribution is -1.99. The molecule has 4 aromatic rings. The van der Waals surface area contributed by atoms with Gasteiger partial charge in [0.15, 0.2) is 11.5 Å². The van der Waals surface area contributed by atoms with Crippen LogP contribution in [-0.4, -0.2) is 26.3 Å². The Kier molecular flexibility index (Phi) is 5.76. The van der Waals surface area contributed by atoms with Crippen molar-refractivity contribution in [2.24, 2.45) is 0 Å². The van der Waals surface area contributed by atoms with Gasteiger partial charge in [0, 0.05) is 28.6 Å². The van der Waals surface area contributed by atoms with Crippen LogP contribution in [0.2, 0.25) is 0 Å². The fourth-order valence-electron chi connectivity index (χ4n) is 3.27. The Bertz CT molecular complexity index is 1050. The Hall–Kier alpha value is -3.18. The van der Waals surface area contributed by atoms with Gasteiger partial charge in [-0.2, -0.15) is 0 Å². The van der Waals surface area contributed by atoms with Crippen molar-refractivity contribution in [3.8, 4) is 17.2 Å². The number of hydrogen-bond acceptors (Lipinski definition) is 5.